The first-order valence-corrected chi connectivity index (χ1v) is 6.76. The van der Waals surface area contributed by atoms with Crippen molar-refractivity contribution in [3.63, 3.8) is 0 Å². The lowest BCUT2D eigenvalue weighted by Crippen LogP contribution is -2.05. The Bertz CT molecular complexity index is 726. The maximum absolute atomic E-state index is 11.8. The molecule has 0 radical (unpaired) electrons. The molecule has 0 fully saturated rings. The van der Waals surface area contributed by atoms with E-state index in [4.69, 9.17) is 9.15 Å². The molecule has 1 aliphatic heterocycles. The van der Waals surface area contributed by atoms with Gasteiger partial charge in [0.25, 0.3) is 0 Å². The Balaban J connectivity index is 1.92. The van der Waals surface area contributed by atoms with Crippen LogP contribution in [-0.4, -0.2) is 11.9 Å². The third-order valence-electron chi connectivity index (χ3n) is 2.79. The summed E-state index contributed by atoms with van der Waals surface area (Å²) >= 11 is 3.20. The second-order valence-electron chi connectivity index (χ2n) is 4.34. The number of rotatable bonds is 2. The van der Waals surface area contributed by atoms with Gasteiger partial charge in [-0.05, 0) is 47.1 Å². The van der Waals surface area contributed by atoms with Gasteiger partial charge in [-0.1, -0.05) is 17.7 Å². The van der Waals surface area contributed by atoms with Crippen molar-refractivity contribution in [2.24, 2.45) is 4.99 Å². The fourth-order valence-corrected chi connectivity index (χ4v) is 2.09. The molecular formula is C15H10BrNO3. The molecule has 0 aliphatic carbocycles. The van der Waals surface area contributed by atoms with Gasteiger partial charge in [-0.2, -0.15) is 0 Å². The molecule has 0 saturated carbocycles. The number of carbonyl (C=O) groups excluding carboxylic acids is 1. The van der Waals surface area contributed by atoms with Crippen LogP contribution in [0.15, 0.2) is 56.2 Å². The number of nitrogens with zero attached hydrogens (tertiary/aromatic N) is 1. The Labute approximate surface area is 123 Å². The van der Waals surface area contributed by atoms with Crippen LogP contribution in [0, 0.1) is 6.92 Å². The Morgan fingerprint density at radius 1 is 1.15 bits per heavy atom. The van der Waals surface area contributed by atoms with Gasteiger partial charge in [0.1, 0.15) is 5.76 Å². The van der Waals surface area contributed by atoms with E-state index in [-0.39, 0.29) is 5.70 Å². The van der Waals surface area contributed by atoms with Gasteiger partial charge in [-0.3, -0.25) is 0 Å². The number of cyclic esters (lactones) is 1. The van der Waals surface area contributed by atoms with Crippen LogP contribution in [0.2, 0.25) is 0 Å². The van der Waals surface area contributed by atoms with Gasteiger partial charge in [0.15, 0.2) is 10.4 Å². The maximum atomic E-state index is 11.8. The highest BCUT2D eigenvalue weighted by Crippen LogP contribution is 2.21. The third kappa shape index (κ3) is 2.58. The van der Waals surface area contributed by atoms with E-state index < -0.39 is 5.97 Å². The van der Waals surface area contributed by atoms with E-state index >= 15 is 0 Å². The number of hydrogen-bond donors (Lipinski definition) is 0. The molecule has 2 aromatic rings. The SMILES string of the molecule is Cc1ccc(C2=NC(=Cc3ccc(Br)o3)C(=O)O2)cc1. The highest BCUT2D eigenvalue weighted by Gasteiger charge is 2.24. The van der Waals surface area contributed by atoms with Crippen molar-refractivity contribution in [1.82, 2.24) is 0 Å². The summed E-state index contributed by atoms with van der Waals surface area (Å²) in [6.07, 6.45) is 1.55. The van der Waals surface area contributed by atoms with Crippen LogP contribution in [-0.2, 0) is 9.53 Å². The quantitative estimate of drug-likeness (QED) is 0.622. The lowest BCUT2D eigenvalue weighted by molar-refractivity contribution is -0.129. The highest BCUT2D eigenvalue weighted by atomic mass is 79.9. The average molecular weight is 332 g/mol. The van der Waals surface area contributed by atoms with Crippen molar-refractivity contribution < 1.29 is 13.9 Å². The monoisotopic (exact) mass is 331 g/mol. The first-order chi connectivity index (χ1) is 9.61. The van der Waals surface area contributed by atoms with E-state index in [1.54, 1.807) is 18.2 Å². The molecule has 0 spiro atoms. The summed E-state index contributed by atoms with van der Waals surface area (Å²) in [6, 6.07) is 11.1. The smallest absolute Gasteiger partial charge is 0.363 e. The first-order valence-electron chi connectivity index (χ1n) is 5.97. The minimum Gasteiger partial charge on any atom is -0.450 e. The van der Waals surface area contributed by atoms with E-state index in [1.807, 2.05) is 31.2 Å². The van der Waals surface area contributed by atoms with Gasteiger partial charge in [-0.15, -0.1) is 0 Å². The van der Waals surface area contributed by atoms with Gasteiger partial charge >= 0.3 is 5.97 Å². The molecule has 1 aromatic heterocycles. The molecule has 100 valence electrons. The first kappa shape index (κ1) is 12.9. The summed E-state index contributed by atoms with van der Waals surface area (Å²) in [5.74, 6) is 0.373. The number of hydrogen-bond acceptors (Lipinski definition) is 4. The van der Waals surface area contributed by atoms with Crippen molar-refractivity contribution in [2.45, 2.75) is 6.92 Å². The van der Waals surface area contributed by atoms with Crippen LogP contribution >= 0.6 is 15.9 Å². The highest BCUT2D eigenvalue weighted by molar-refractivity contribution is 9.10. The van der Waals surface area contributed by atoms with Crippen molar-refractivity contribution in [2.75, 3.05) is 0 Å². The summed E-state index contributed by atoms with van der Waals surface area (Å²) in [5.41, 5.74) is 2.13. The predicted octanol–water partition coefficient (Wildman–Crippen LogP) is 3.70. The molecule has 20 heavy (non-hydrogen) atoms. The topological polar surface area (TPSA) is 51.8 Å². The number of ether oxygens (including phenoxy) is 1. The third-order valence-corrected chi connectivity index (χ3v) is 3.22. The van der Waals surface area contributed by atoms with E-state index in [9.17, 15) is 4.79 Å². The maximum Gasteiger partial charge on any atom is 0.363 e. The zero-order valence-corrected chi connectivity index (χ0v) is 12.2. The molecule has 1 aliphatic rings. The number of carbonyl (C=O) groups is 1. The van der Waals surface area contributed by atoms with Crippen LogP contribution in [0.25, 0.3) is 6.08 Å². The van der Waals surface area contributed by atoms with Gasteiger partial charge in [-0.25, -0.2) is 9.79 Å². The molecule has 1 aromatic carbocycles. The van der Waals surface area contributed by atoms with Crippen LogP contribution < -0.4 is 0 Å². The normalized spacial score (nSPS) is 16.4. The molecule has 0 atom stereocenters. The van der Waals surface area contributed by atoms with Crippen molar-refractivity contribution in [3.05, 3.63) is 63.7 Å². The second-order valence-corrected chi connectivity index (χ2v) is 5.13. The minimum absolute atomic E-state index is 0.224. The molecule has 2 heterocycles. The standard InChI is InChI=1S/C15H10BrNO3/c1-9-2-4-10(5-3-9)14-17-12(15(18)20-14)8-11-6-7-13(16)19-11/h2-8H,1H3. The van der Waals surface area contributed by atoms with E-state index in [0.717, 1.165) is 11.1 Å². The van der Waals surface area contributed by atoms with E-state index in [0.29, 0.717) is 16.3 Å². The van der Waals surface area contributed by atoms with Crippen LogP contribution in [0.1, 0.15) is 16.9 Å². The van der Waals surface area contributed by atoms with Crippen LogP contribution in [0.4, 0.5) is 0 Å². The summed E-state index contributed by atoms with van der Waals surface area (Å²) in [6.45, 7) is 1.99. The molecule has 0 bridgehead atoms. The van der Waals surface area contributed by atoms with Gasteiger partial charge in [0.2, 0.25) is 5.90 Å². The summed E-state index contributed by atoms with van der Waals surface area (Å²) in [5, 5.41) is 0. The number of furan rings is 1. The van der Waals surface area contributed by atoms with E-state index in [1.165, 1.54) is 0 Å². The minimum atomic E-state index is -0.479. The fourth-order valence-electron chi connectivity index (χ4n) is 1.77. The molecule has 0 N–H and O–H groups in total. The second kappa shape index (κ2) is 5.09. The number of benzene rings is 1. The number of aliphatic imine (C=N–C) groups is 1. The lowest BCUT2D eigenvalue weighted by atomic mass is 10.1. The molecule has 4 nitrogen and oxygen atoms in total. The number of esters is 1. The largest absolute Gasteiger partial charge is 0.450 e. The molecule has 0 unspecified atom stereocenters. The van der Waals surface area contributed by atoms with Crippen molar-refractivity contribution >= 4 is 33.9 Å². The number of aryl methyl sites for hydroxylation is 1. The van der Waals surface area contributed by atoms with Crippen LogP contribution in [0.3, 0.4) is 0 Å². The summed E-state index contributed by atoms with van der Waals surface area (Å²) in [4.78, 5) is 16.0. The van der Waals surface area contributed by atoms with Crippen LogP contribution in [0.5, 0.6) is 0 Å². The van der Waals surface area contributed by atoms with Crippen molar-refractivity contribution in [3.8, 4) is 0 Å². The van der Waals surface area contributed by atoms with E-state index in [2.05, 4.69) is 20.9 Å². The zero-order valence-electron chi connectivity index (χ0n) is 10.6. The predicted molar refractivity (Wildman–Crippen MR) is 78.2 cm³/mol. The molecule has 5 heteroatoms. The van der Waals surface area contributed by atoms with Gasteiger partial charge in [0.05, 0.1) is 0 Å². The summed E-state index contributed by atoms with van der Waals surface area (Å²) in [7, 11) is 0. The molecule has 3 rings (SSSR count). The Hall–Kier alpha value is -2.14. The van der Waals surface area contributed by atoms with Crippen molar-refractivity contribution in [1.29, 1.82) is 0 Å². The Kier molecular flexibility index (Phi) is 3.28. The summed E-state index contributed by atoms with van der Waals surface area (Å²) < 4.78 is 11.1. The zero-order chi connectivity index (χ0) is 14.1. The Morgan fingerprint density at radius 2 is 1.90 bits per heavy atom. The Morgan fingerprint density at radius 3 is 2.55 bits per heavy atom. The molecule has 0 saturated heterocycles. The fraction of sp³-hybridized carbons (Fsp3) is 0.0667. The number of halogens is 1. The lowest BCUT2D eigenvalue weighted by Gasteiger charge is -1.99. The van der Waals surface area contributed by atoms with Gasteiger partial charge in [0, 0.05) is 11.6 Å². The average Bonchev–Trinajstić information content (AvgIpc) is 2.98. The molecule has 0 amide bonds. The molecular weight excluding hydrogens is 322 g/mol. The van der Waals surface area contributed by atoms with Gasteiger partial charge < -0.3 is 9.15 Å².